The van der Waals surface area contributed by atoms with Crippen LogP contribution in [0.1, 0.15) is 67.2 Å². The van der Waals surface area contributed by atoms with Gasteiger partial charge >= 0.3 is 0 Å². The van der Waals surface area contributed by atoms with E-state index in [1.165, 1.54) is 31.3 Å². The van der Waals surface area contributed by atoms with Gasteiger partial charge in [0.2, 0.25) is 0 Å². The first-order valence-corrected chi connectivity index (χ1v) is 8.17. The van der Waals surface area contributed by atoms with Crippen molar-refractivity contribution in [3.63, 3.8) is 0 Å². The van der Waals surface area contributed by atoms with E-state index in [9.17, 15) is 0 Å². The molecule has 0 aromatic heterocycles. The normalized spacial score (nSPS) is 25.9. The molecule has 0 aromatic carbocycles. The van der Waals surface area contributed by atoms with E-state index in [-0.39, 0.29) is 0 Å². The summed E-state index contributed by atoms with van der Waals surface area (Å²) in [4.78, 5) is 0. The summed E-state index contributed by atoms with van der Waals surface area (Å²) in [5.74, 6) is 2.51. The van der Waals surface area contributed by atoms with E-state index in [1.807, 2.05) is 0 Å². The van der Waals surface area contributed by atoms with Gasteiger partial charge in [0.05, 0.1) is 0 Å². The highest BCUT2D eigenvalue weighted by Gasteiger charge is 2.28. The summed E-state index contributed by atoms with van der Waals surface area (Å²) in [5, 5.41) is 3.54. The molecule has 0 heterocycles. The molecule has 0 amide bonds. The summed E-state index contributed by atoms with van der Waals surface area (Å²) >= 11 is 0. The lowest BCUT2D eigenvalue weighted by atomic mass is 9.69. The summed E-state index contributed by atoms with van der Waals surface area (Å²) in [6.07, 6.45) is 8.15. The zero-order valence-corrected chi connectivity index (χ0v) is 14.1. The van der Waals surface area contributed by atoms with Crippen LogP contribution >= 0.6 is 0 Å². The Balaban J connectivity index is 2.31. The van der Waals surface area contributed by atoms with Gasteiger partial charge in [0.15, 0.2) is 0 Å². The second-order valence-corrected chi connectivity index (χ2v) is 8.02. The molecule has 0 aromatic rings. The van der Waals surface area contributed by atoms with Crippen LogP contribution in [0.5, 0.6) is 0 Å². The van der Waals surface area contributed by atoms with E-state index in [2.05, 4.69) is 52.9 Å². The third-order valence-corrected chi connectivity index (χ3v) is 4.47. The van der Waals surface area contributed by atoms with E-state index < -0.39 is 0 Å². The Morgan fingerprint density at radius 1 is 1.16 bits per heavy atom. The first-order valence-electron chi connectivity index (χ1n) is 8.17. The minimum absolute atomic E-state index is 0.503. The Labute approximate surface area is 121 Å². The summed E-state index contributed by atoms with van der Waals surface area (Å²) in [6.45, 7) is 16.2. The van der Waals surface area contributed by atoms with Crippen molar-refractivity contribution in [2.45, 2.75) is 67.2 Å². The van der Waals surface area contributed by atoms with Gasteiger partial charge in [0.25, 0.3) is 0 Å². The predicted molar refractivity (Wildman–Crippen MR) is 86.4 cm³/mol. The molecule has 1 rings (SSSR count). The van der Waals surface area contributed by atoms with Gasteiger partial charge in [0, 0.05) is 6.54 Å². The van der Waals surface area contributed by atoms with Crippen LogP contribution in [0, 0.1) is 23.2 Å². The molecule has 1 nitrogen and oxygen atoms in total. The van der Waals surface area contributed by atoms with Gasteiger partial charge in [0.1, 0.15) is 0 Å². The van der Waals surface area contributed by atoms with Crippen LogP contribution in [-0.4, -0.2) is 13.1 Å². The van der Waals surface area contributed by atoms with Crippen molar-refractivity contribution in [1.29, 1.82) is 0 Å². The minimum Gasteiger partial charge on any atom is -0.313 e. The molecule has 1 saturated carbocycles. The molecule has 1 heteroatoms. The van der Waals surface area contributed by atoms with Crippen LogP contribution in [-0.2, 0) is 0 Å². The van der Waals surface area contributed by atoms with E-state index >= 15 is 0 Å². The van der Waals surface area contributed by atoms with E-state index in [1.54, 1.807) is 0 Å². The maximum atomic E-state index is 3.54. The summed E-state index contributed by atoms with van der Waals surface area (Å²) < 4.78 is 0. The molecule has 1 N–H and O–H groups in total. The van der Waals surface area contributed by atoms with Crippen LogP contribution in [0.4, 0.5) is 0 Å². The van der Waals surface area contributed by atoms with Gasteiger partial charge in [-0.2, -0.15) is 0 Å². The lowest BCUT2D eigenvalue weighted by Crippen LogP contribution is -2.26. The molecule has 112 valence electrons. The Kier molecular flexibility index (Phi) is 6.59. The molecular weight excluding hydrogens is 230 g/mol. The molecule has 0 radical (unpaired) electrons. The fourth-order valence-electron chi connectivity index (χ4n) is 3.17. The standard InChI is InChI=1S/C18H35N/c1-14(2)12-19-13-15(3)11-16-7-9-17(10-8-16)18(4,5)6/h11,14,16-17,19H,7-10,12-13H2,1-6H3. The SMILES string of the molecule is CC(=CC1CCC(C(C)(C)C)CC1)CNCC(C)C. The predicted octanol–water partition coefficient (Wildman–Crippen LogP) is 5.03. The average Bonchev–Trinajstić information content (AvgIpc) is 2.27. The van der Waals surface area contributed by atoms with Gasteiger partial charge in [-0.05, 0) is 62.3 Å². The van der Waals surface area contributed by atoms with Crippen LogP contribution < -0.4 is 5.32 Å². The largest absolute Gasteiger partial charge is 0.313 e. The molecule has 0 aliphatic heterocycles. The molecule has 0 bridgehead atoms. The van der Waals surface area contributed by atoms with Gasteiger partial charge in [-0.15, -0.1) is 0 Å². The van der Waals surface area contributed by atoms with Crippen LogP contribution in [0.2, 0.25) is 0 Å². The highest BCUT2D eigenvalue weighted by Crippen LogP contribution is 2.40. The van der Waals surface area contributed by atoms with E-state index in [0.717, 1.165) is 30.8 Å². The van der Waals surface area contributed by atoms with E-state index in [4.69, 9.17) is 0 Å². The lowest BCUT2D eigenvalue weighted by Gasteiger charge is -2.36. The molecule has 1 fully saturated rings. The van der Waals surface area contributed by atoms with Crippen LogP contribution in [0.25, 0.3) is 0 Å². The third kappa shape index (κ3) is 6.61. The number of allylic oxidation sites excluding steroid dienone is 1. The van der Waals surface area contributed by atoms with Crippen LogP contribution in [0.15, 0.2) is 11.6 Å². The molecule has 1 aliphatic carbocycles. The smallest absolute Gasteiger partial charge is 0.0162 e. The Morgan fingerprint density at radius 3 is 2.21 bits per heavy atom. The van der Waals surface area contributed by atoms with Gasteiger partial charge in [-0.3, -0.25) is 0 Å². The minimum atomic E-state index is 0.503. The maximum Gasteiger partial charge on any atom is 0.0162 e. The number of rotatable bonds is 5. The molecule has 0 atom stereocenters. The van der Waals surface area contributed by atoms with Crippen molar-refractivity contribution < 1.29 is 0 Å². The Bertz CT molecular complexity index is 275. The third-order valence-electron chi connectivity index (χ3n) is 4.47. The van der Waals surface area contributed by atoms with Crippen molar-refractivity contribution in [2.75, 3.05) is 13.1 Å². The topological polar surface area (TPSA) is 12.0 Å². The molecule has 0 saturated heterocycles. The van der Waals surface area contributed by atoms with Crippen molar-refractivity contribution in [3.05, 3.63) is 11.6 Å². The first-order chi connectivity index (χ1) is 8.79. The van der Waals surface area contributed by atoms with Crippen molar-refractivity contribution in [2.24, 2.45) is 23.2 Å². The summed E-state index contributed by atoms with van der Waals surface area (Å²) in [6, 6.07) is 0. The monoisotopic (exact) mass is 265 g/mol. The van der Waals surface area contributed by atoms with Crippen molar-refractivity contribution in [1.82, 2.24) is 5.32 Å². The Morgan fingerprint density at radius 2 is 1.74 bits per heavy atom. The molecule has 19 heavy (non-hydrogen) atoms. The highest BCUT2D eigenvalue weighted by molar-refractivity contribution is 5.04. The first kappa shape index (κ1) is 16.8. The fraction of sp³-hybridized carbons (Fsp3) is 0.889. The Hall–Kier alpha value is -0.300. The van der Waals surface area contributed by atoms with Crippen LogP contribution in [0.3, 0.4) is 0 Å². The molecule has 0 spiro atoms. The van der Waals surface area contributed by atoms with Gasteiger partial charge in [-0.1, -0.05) is 46.3 Å². The van der Waals surface area contributed by atoms with Crippen molar-refractivity contribution in [3.8, 4) is 0 Å². The van der Waals surface area contributed by atoms with Crippen molar-refractivity contribution >= 4 is 0 Å². The quantitative estimate of drug-likeness (QED) is 0.687. The number of hydrogen-bond donors (Lipinski definition) is 1. The molecule has 0 unspecified atom stereocenters. The number of nitrogens with one attached hydrogen (secondary N) is 1. The number of hydrogen-bond acceptors (Lipinski definition) is 1. The average molecular weight is 265 g/mol. The lowest BCUT2D eigenvalue weighted by molar-refractivity contribution is 0.162. The second-order valence-electron chi connectivity index (χ2n) is 8.02. The van der Waals surface area contributed by atoms with Gasteiger partial charge < -0.3 is 5.32 Å². The summed E-state index contributed by atoms with van der Waals surface area (Å²) in [7, 11) is 0. The second kappa shape index (κ2) is 7.47. The molecular formula is C18H35N. The zero-order valence-electron chi connectivity index (χ0n) is 14.1. The van der Waals surface area contributed by atoms with E-state index in [0.29, 0.717) is 5.41 Å². The maximum absolute atomic E-state index is 3.54. The zero-order chi connectivity index (χ0) is 14.5. The highest BCUT2D eigenvalue weighted by atomic mass is 14.8. The summed E-state index contributed by atoms with van der Waals surface area (Å²) in [5.41, 5.74) is 2.03. The fourth-order valence-corrected chi connectivity index (χ4v) is 3.17. The van der Waals surface area contributed by atoms with Gasteiger partial charge in [-0.25, -0.2) is 0 Å². The molecule has 1 aliphatic rings.